The van der Waals surface area contributed by atoms with Gasteiger partial charge in [-0.3, -0.25) is 0 Å². The van der Waals surface area contributed by atoms with Crippen LogP contribution in [-0.2, 0) is 12.7 Å². The molecular weight excluding hydrogens is 223 g/mol. The normalized spacial score (nSPS) is 11.5. The van der Waals surface area contributed by atoms with Crippen LogP contribution in [0.3, 0.4) is 0 Å². The fourth-order valence-corrected chi connectivity index (χ4v) is 1.32. The second-order valence-electron chi connectivity index (χ2n) is 3.21. The third kappa shape index (κ3) is 2.73. The number of hydrogen-bond acceptors (Lipinski definition) is 2. The van der Waals surface area contributed by atoms with E-state index >= 15 is 0 Å². The van der Waals surface area contributed by atoms with Gasteiger partial charge in [0.2, 0.25) is 0 Å². The maximum atomic E-state index is 12.6. The third-order valence-electron chi connectivity index (χ3n) is 2.03. The Kier molecular flexibility index (Phi) is 3.54. The highest BCUT2D eigenvalue weighted by Gasteiger charge is 2.33. The molecule has 3 nitrogen and oxygen atoms in total. The van der Waals surface area contributed by atoms with Gasteiger partial charge < -0.3 is 10.4 Å². The van der Waals surface area contributed by atoms with Crippen LogP contribution in [-0.4, -0.2) is 18.1 Å². The predicted molar refractivity (Wildman–Crippen MR) is 51.2 cm³/mol. The molecule has 0 heterocycles. The molecule has 0 saturated heterocycles. The van der Waals surface area contributed by atoms with Gasteiger partial charge in [-0.25, -0.2) is 4.79 Å². The first-order valence-corrected chi connectivity index (χ1v) is 4.44. The SMILES string of the molecule is CNCc1ccc(C(=O)O)cc1C(F)(F)F. The smallest absolute Gasteiger partial charge is 0.416 e. The summed E-state index contributed by atoms with van der Waals surface area (Å²) in [6.45, 7) is 0.0365. The molecule has 6 heteroatoms. The minimum Gasteiger partial charge on any atom is -0.478 e. The number of rotatable bonds is 3. The van der Waals surface area contributed by atoms with Crippen molar-refractivity contribution in [2.45, 2.75) is 12.7 Å². The average molecular weight is 233 g/mol. The molecule has 1 aromatic carbocycles. The van der Waals surface area contributed by atoms with E-state index in [1.165, 1.54) is 13.1 Å². The summed E-state index contributed by atoms with van der Waals surface area (Å²) in [5.41, 5.74) is -1.26. The zero-order chi connectivity index (χ0) is 12.3. The Labute approximate surface area is 89.9 Å². The molecule has 0 aliphatic heterocycles. The van der Waals surface area contributed by atoms with Crippen molar-refractivity contribution in [3.8, 4) is 0 Å². The van der Waals surface area contributed by atoms with Crippen LogP contribution in [0.5, 0.6) is 0 Å². The lowest BCUT2D eigenvalue weighted by molar-refractivity contribution is -0.138. The maximum Gasteiger partial charge on any atom is 0.416 e. The molecule has 0 aliphatic rings. The fourth-order valence-electron chi connectivity index (χ4n) is 1.32. The van der Waals surface area contributed by atoms with E-state index in [-0.39, 0.29) is 17.7 Å². The van der Waals surface area contributed by atoms with Gasteiger partial charge in [0.25, 0.3) is 0 Å². The van der Waals surface area contributed by atoms with Gasteiger partial charge in [-0.2, -0.15) is 13.2 Å². The highest BCUT2D eigenvalue weighted by atomic mass is 19.4. The minimum absolute atomic E-state index is 0.0278. The van der Waals surface area contributed by atoms with Gasteiger partial charge in [0.05, 0.1) is 11.1 Å². The van der Waals surface area contributed by atoms with Gasteiger partial charge in [0, 0.05) is 6.54 Å². The molecule has 1 aromatic rings. The number of carboxylic acid groups (broad SMARTS) is 1. The summed E-state index contributed by atoms with van der Waals surface area (Å²) in [7, 11) is 1.52. The van der Waals surface area contributed by atoms with Crippen molar-refractivity contribution < 1.29 is 23.1 Å². The summed E-state index contributed by atoms with van der Waals surface area (Å²) < 4.78 is 37.8. The highest BCUT2D eigenvalue weighted by Crippen LogP contribution is 2.32. The predicted octanol–water partition coefficient (Wildman–Crippen LogP) is 2.12. The summed E-state index contributed by atoms with van der Waals surface area (Å²) in [6, 6.07) is 2.97. The van der Waals surface area contributed by atoms with E-state index in [0.29, 0.717) is 6.07 Å². The van der Waals surface area contributed by atoms with E-state index in [2.05, 4.69) is 5.32 Å². The maximum absolute atomic E-state index is 12.6. The standard InChI is InChI=1S/C10H10F3NO2/c1-14-5-7-3-2-6(9(15)16)4-8(7)10(11,12)13/h2-4,14H,5H2,1H3,(H,15,16). The minimum atomic E-state index is -4.54. The van der Waals surface area contributed by atoms with Crippen molar-refractivity contribution >= 4 is 5.97 Å². The fraction of sp³-hybridized carbons (Fsp3) is 0.300. The lowest BCUT2D eigenvalue weighted by Gasteiger charge is -2.13. The van der Waals surface area contributed by atoms with Crippen molar-refractivity contribution in [3.05, 3.63) is 34.9 Å². The average Bonchev–Trinajstić information content (AvgIpc) is 2.16. The molecule has 0 atom stereocenters. The molecule has 88 valence electrons. The van der Waals surface area contributed by atoms with Crippen LogP contribution in [0.15, 0.2) is 18.2 Å². The first-order chi connectivity index (χ1) is 7.36. The van der Waals surface area contributed by atoms with E-state index in [1.807, 2.05) is 0 Å². The van der Waals surface area contributed by atoms with Gasteiger partial charge in [0.1, 0.15) is 0 Å². The number of carboxylic acids is 1. The molecule has 0 aromatic heterocycles. The molecule has 0 saturated carbocycles. The molecule has 16 heavy (non-hydrogen) atoms. The molecule has 0 fully saturated rings. The largest absolute Gasteiger partial charge is 0.478 e. The number of aromatic carboxylic acids is 1. The van der Waals surface area contributed by atoms with Crippen LogP contribution >= 0.6 is 0 Å². The number of halogens is 3. The highest BCUT2D eigenvalue weighted by molar-refractivity contribution is 5.87. The first-order valence-electron chi connectivity index (χ1n) is 4.44. The van der Waals surface area contributed by atoms with E-state index < -0.39 is 17.7 Å². The van der Waals surface area contributed by atoms with Crippen LogP contribution in [0.25, 0.3) is 0 Å². The lowest BCUT2D eigenvalue weighted by atomic mass is 10.0. The van der Waals surface area contributed by atoms with Crippen LogP contribution in [0.4, 0.5) is 13.2 Å². The summed E-state index contributed by atoms with van der Waals surface area (Å²) in [6.07, 6.45) is -4.54. The van der Waals surface area contributed by atoms with E-state index in [9.17, 15) is 18.0 Å². The van der Waals surface area contributed by atoms with Crippen LogP contribution < -0.4 is 5.32 Å². The number of carbonyl (C=O) groups is 1. The third-order valence-corrected chi connectivity index (χ3v) is 2.03. The van der Waals surface area contributed by atoms with Crippen molar-refractivity contribution in [2.75, 3.05) is 7.05 Å². The van der Waals surface area contributed by atoms with Crippen LogP contribution in [0, 0.1) is 0 Å². The quantitative estimate of drug-likeness (QED) is 0.840. The van der Waals surface area contributed by atoms with Gasteiger partial charge in [-0.1, -0.05) is 6.07 Å². The Morgan fingerprint density at radius 3 is 2.50 bits per heavy atom. The second kappa shape index (κ2) is 4.52. The Morgan fingerprint density at radius 1 is 1.44 bits per heavy atom. The molecule has 0 amide bonds. The van der Waals surface area contributed by atoms with Gasteiger partial charge in [-0.05, 0) is 24.7 Å². The number of alkyl halides is 3. The summed E-state index contributed by atoms with van der Waals surface area (Å²) in [5.74, 6) is -1.37. The molecule has 0 radical (unpaired) electrons. The topological polar surface area (TPSA) is 49.3 Å². The zero-order valence-corrected chi connectivity index (χ0v) is 8.43. The lowest BCUT2D eigenvalue weighted by Crippen LogP contribution is -2.15. The van der Waals surface area contributed by atoms with Crippen molar-refractivity contribution in [2.24, 2.45) is 0 Å². The van der Waals surface area contributed by atoms with Crippen molar-refractivity contribution in [1.29, 1.82) is 0 Å². The van der Waals surface area contributed by atoms with Gasteiger partial charge in [0.15, 0.2) is 0 Å². The van der Waals surface area contributed by atoms with Gasteiger partial charge >= 0.3 is 12.1 Å². The van der Waals surface area contributed by atoms with Gasteiger partial charge in [-0.15, -0.1) is 0 Å². The number of benzene rings is 1. The monoisotopic (exact) mass is 233 g/mol. The number of hydrogen-bond donors (Lipinski definition) is 2. The van der Waals surface area contributed by atoms with Crippen LogP contribution in [0.1, 0.15) is 21.5 Å². The molecule has 0 bridgehead atoms. The summed E-state index contributed by atoms with van der Waals surface area (Å²) in [4.78, 5) is 10.6. The van der Waals surface area contributed by atoms with Crippen molar-refractivity contribution in [1.82, 2.24) is 5.32 Å². The van der Waals surface area contributed by atoms with E-state index in [1.54, 1.807) is 0 Å². The van der Waals surface area contributed by atoms with Crippen molar-refractivity contribution in [3.63, 3.8) is 0 Å². The zero-order valence-electron chi connectivity index (χ0n) is 8.43. The Balaban J connectivity index is 3.27. The molecular formula is C10H10F3NO2. The van der Waals surface area contributed by atoms with E-state index in [0.717, 1.165) is 6.07 Å². The summed E-state index contributed by atoms with van der Waals surface area (Å²) >= 11 is 0. The molecule has 2 N–H and O–H groups in total. The molecule has 0 aliphatic carbocycles. The Bertz CT molecular complexity index is 402. The second-order valence-corrected chi connectivity index (χ2v) is 3.21. The molecule has 1 rings (SSSR count). The molecule has 0 unspecified atom stereocenters. The Morgan fingerprint density at radius 2 is 2.06 bits per heavy atom. The van der Waals surface area contributed by atoms with E-state index in [4.69, 9.17) is 5.11 Å². The van der Waals surface area contributed by atoms with Crippen LogP contribution in [0.2, 0.25) is 0 Å². The summed E-state index contributed by atoms with van der Waals surface area (Å²) in [5, 5.41) is 11.2. The Hall–Kier alpha value is -1.56. The number of nitrogens with one attached hydrogen (secondary N) is 1. The first kappa shape index (κ1) is 12.5. The molecule has 0 spiro atoms.